The van der Waals surface area contributed by atoms with Crippen LogP contribution in [-0.2, 0) is 22.1 Å². The number of carbonyl (C=O) groups excluding carboxylic acids is 3. The van der Waals surface area contributed by atoms with Crippen LogP contribution >= 0.6 is 23.4 Å². The second-order valence-corrected chi connectivity index (χ2v) is 13.4. The van der Waals surface area contributed by atoms with Crippen LogP contribution in [0.1, 0.15) is 56.7 Å². The zero-order valence-electron chi connectivity index (χ0n) is 24.5. The molecule has 2 aromatic carbocycles. The molecule has 0 atom stereocenters. The molecular formula is C31H32ClF3N4O4S. The monoisotopic (exact) mass is 648 g/mol. The highest BCUT2D eigenvalue weighted by Crippen LogP contribution is 2.42. The van der Waals surface area contributed by atoms with Gasteiger partial charge >= 0.3 is 12.3 Å². The number of alkyl halides is 3. The molecule has 0 spiro atoms. The number of nitrogens with one attached hydrogen (secondary N) is 1. The van der Waals surface area contributed by atoms with Crippen molar-refractivity contribution in [3.63, 3.8) is 0 Å². The molecule has 1 N–H and O–H groups in total. The van der Waals surface area contributed by atoms with Gasteiger partial charge in [0, 0.05) is 30.0 Å². The van der Waals surface area contributed by atoms with Gasteiger partial charge in [0.1, 0.15) is 5.60 Å². The van der Waals surface area contributed by atoms with Gasteiger partial charge in [0.2, 0.25) is 0 Å². The average Bonchev–Trinajstić information content (AvgIpc) is 3.53. The Morgan fingerprint density at radius 1 is 1.11 bits per heavy atom. The number of allylic oxidation sites excluding steroid dienone is 1. The fourth-order valence-electron chi connectivity index (χ4n) is 5.42. The molecule has 0 saturated carbocycles. The highest BCUT2D eigenvalue weighted by Gasteiger charge is 2.39. The highest BCUT2D eigenvalue weighted by molar-refractivity contribution is 8.18. The molecule has 0 radical (unpaired) electrons. The number of nitrogens with zero attached hydrogens (tertiary/aromatic N) is 3. The van der Waals surface area contributed by atoms with Crippen LogP contribution in [0.15, 0.2) is 47.5 Å². The molecule has 13 heteroatoms. The molecule has 3 amide bonds. The Hall–Kier alpha value is -3.51. The number of imide groups is 1. The third-order valence-electron chi connectivity index (χ3n) is 7.68. The number of fused-ring (bicyclic) bond motifs is 1. The predicted octanol–water partition coefficient (Wildman–Crippen LogP) is 7.92. The van der Waals surface area contributed by atoms with Gasteiger partial charge in [-0.1, -0.05) is 23.7 Å². The van der Waals surface area contributed by atoms with Crippen LogP contribution in [0.2, 0.25) is 5.02 Å². The normalized spacial score (nSPS) is 18.0. The van der Waals surface area contributed by atoms with E-state index in [1.807, 2.05) is 20.8 Å². The first-order valence-electron chi connectivity index (χ1n) is 14.2. The van der Waals surface area contributed by atoms with Gasteiger partial charge in [-0.05, 0) is 105 Å². The molecule has 2 saturated heterocycles. The largest absolute Gasteiger partial charge is 0.444 e. The zero-order chi connectivity index (χ0) is 31.8. The third kappa shape index (κ3) is 7.23. The summed E-state index contributed by atoms with van der Waals surface area (Å²) in [4.78, 5) is 42.2. The fraction of sp³-hybridized carbons (Fsp3) is 0.419. The zero-order valence-corrected chi connectivity index (χ0v) is 26.0. The van der Waals surface area contributed by atoms with E-state index in [4.69, 9.17) is 16.3 Å². The van der Waals surface area contributed by atoms with Crippen molar-refractivity contribution >= 4 is 57.1 Å². The van der Waals surface area contributed by atoms with Crippen LogP contribution in [0.5, 0.6) is 0 Å². The SMILES string of the molecule is CC(C)(C)OC(=O)N1CCC(CCN2C(=O)S/C(=C(/Cc3ccc(Cl)cc3C(F)(F)F)c3ccc4[nH]ncc4c3)C2=O)CC1. The van der Waals surface area contributed by atoms with E-state index >= 15 is 0 Å². The van der Waals surface area contributed by atoms with Gasteiger partial charge in [0.25, 0.3) is 11.1 Å². The van der Waals surface area contributed by atoms with Crippen molar-refractivity contribution in [2.75, 3.05) is 19.6 Å². The summed E-state index contributed by atoms with van der Waals surface area (Å²) in [6.07, 6.45) is -1.72. The van der Waals surface area contributed by atoms with Crippen molar-refractivity contribution in [2.45, 2.75) is 58.2 Å². The summed E-state index contributed by atoms with van der Waals surface area (Å²) in [5.41, 5.74) is 0.00980. The number of aromatic nitrogens is 2. The average molecular weight is 649 g/mol. The molecule has 44 heavy (non-hydrogen) atoms. The quantitative estimate of drug-likeness (QED) is 0.273. The standard InChI is InChI=1S/C31H32ClF3N4O4S/c1-30(2,3)43-28(41)38-11-8-18(9-12-38)10-13-39-27(40)26(44-29(39)42)23(19-5-7-25-21(14-19)17-36-37-25)15-20-4-6-22(32)16-24(20)31(33,34)35/h4-7,14,16-18H,8-13,15H2,1-3H3,(H,36,37)/b26-23-. The molecule has 2 fully saturated rings. The van der Waals surface area contributed by atoms with E-state index in [9.17, 15) is 27.6 Å². The van der Waals surface area contributed by atoms with E-state index in [0.29, 0.717) is 48.9 Å². The Labute approximate surface area is 261 Å². The van der Waals surface area contributed by atoms with Crippen molar-refractivity contribution in [1.29, 1.82) is 0 Å². The number of H-pyrrole nitrogens is 1. The first-order valence-corrected chi connectivity index (χ1v) is 15.4. The molecule has 2 aliphatic heterocycles. The lowest BCUT2D eigenvalue weighted by atomic mass is 9.93. The number of hydrogen-bond acceptors (Lipinski definition) is 6. The number of ether oxygens (including phenoxy) is 1. The maximum atomic E-state index is 14.0. The summed E-state index contributed by atoms with van der Waals surface area (Å²) >= 11 is 6.65. The number of piperidine rings is 1. The minimum absolute atomic E-state index is 0.0558. The molecule has 8 nitrogen and oxygen atoms in total. The lowest BCUT2D eigenvalue weighted by molar-refractivity contribution is -0.138. The lowest BCUT2D eigenvalue weighted by Gasteiger charge is -2.33. The number of amides is 3. The molecule has 0 aliphatic carbocycles. The summed E-state index contributed by atoms with van der Waals surface area (Å²) in [5, 5.41) is 7.04. The fourth-order valence-corrected chi connectivity index (χ4v) is 6.56. The minimum atomic E-state index is -4.67. The minimum Gasteiger partial charge on any atom is -0.444 e. The Morgan fingerprint density at radius 3 is 2.52 bits per heavy atom. The first-order chi connectivity index (χ1) is 20.7. The van der Waals surface area contributed by atoms with Crippen molar-refractivity contribution in [3.05, 3.63) is 69.2 Å². The second kappa shape index (κ2) is 12.5. The highest BCUT2D eigenvalue weighted by atomic mass is 35.5. The van der Waals surface area contributed by atoms with E-state index in [1.165, 1.54) is 17.0 Å². The topological polar surface area (TPSA) is 95.6 Å². The number of rotatable bonds is 6. The number of thioether (sulfide) groups is 1. The molecule has 1 aromatic heterocycles. The Bertz CT molecular complexity index is 1620. The van der Waals surface area contributed by atoms with E-state index in [2.05, 4.69) is 10.2 Å². The van der Waals surface area contributed by atoms with E-state index in [1.54, 1.807) is 29.3 Å². The van der Waals surface area contributed by atoms with Crippen LogP contribution < -0.4 is 0 Å². The second-order valence-electron chi connectivity index (χ2n) is 12.0. The Balaban J connectivity index is 1.37. The Kier molecular flexibility index (Phi) is 9.04. The maximum absolute atomic E-state index is 14.0. The van der Waals surface area contributed by atoms with E-state index < -0.39 is 28.5 Å². The van der Waals surface area contributed by atoms with Crippen LogP contribution in [0.25, 0.3) is 16.5 Å². The molecule has 5 rings (SSSR count). The van der Waals surface area contributed by atoms with Gasteiger partial charge < -0.3 is 9.64 Å². The molecule has 2 aliphatic rings. The number of benzene rings is 2. The van der Waals surface area contributed by atoms with Gasteiger partial charge in [0.05, 0.1) is 22.2 Å². The van der Waals surface area contributed by atoms with Crippen molar-refractivity contribution in [3.8, 4) is 0 Å². The smallest absolute Gasteiger partial charge is 0.416 e. The van der Waals surface area contributed by atoms with Gasteiger partial charge in [-0.2, -0.15) is 18.3 Å². The van der Waals surface area contributed by atoms with Crippen LogP contribution in [0.4, 0.5) is 22.8 Å². The van der Waals surface area contributed by atoms with E-state index in [0.717, 1.165) is 23.3 Å². The number of aromatic amines is 1. The van der Waals surface area contributed by atoms with Crippen molar-refractivity contribution in [1.82, 2.24) is 20.0 Å². The molecule has 0 unspecified atom stereocenters. The van der Waals surface area contributed by atoms with Crippen LogP contribution in [-0.4, -0.2) is 62.5 Å². The summed E-state index contributed by atoms with van der Waals surface area (Å²) in [5.74, 6) is -0.338. The summed E-state index contributed by atoms with van der Waals surface area (Å²) < 4.78 is 47.4. The Morgan fingerprint density at radius 2 is 1.84 bits per heavy atom. The third-order valence-corrected chi connectivity index (χ3v) is 8.94. The summed E-state index contributed by atoms with van der Waals surface area (Å²) in [6, 6.07) is 8.72. The number of likely N-dealkylation sites (tertiary alicyclic amines) is 1. The molecular weight excluding hydrogens is 617 g/mol. The van der Waals surface area contributed by atoms with Gasteiger partial charge in [-0.3, -0.25) is 19.6 Å². The van der Waals surface area contributed by atoms with Crippen molar-refractivity contribution < 1.29 is 32.3 Å². The van der Waals surface area contributed by atoms with Gasteiger partial charge in [-0.25, -0.2) is 4.79 Å². The number of hydrogen-bond donors (Lipinski definition) is 1. The lowest BCUT2D eigenvalue weighted by Crippen LogP contribution is -2.42. The van der Waals surface area contributed by atoms with Crippen LogP contribution in [0, 0.1) is 5.92 Å². The number of carbonyl (C=O) groups is 3. The molecule has 234 valence electrons. The summed E-state index contributed by atoms with van der Waals surface area (Å²) in [7, 11) is 0. The molecule has 0 bridgehead atoms. The van der Waals surface area contributed by atoms with Gasteiger partial charge in [-0.15, -0.1) is 0 Å². The summed E-state index contributed by atoms with van der Waals surface area (Å²) in [6.45, 7) is 6.65. The molecule has 3 aromatic rings. The first kappa shape index (κ1) is 31.9. The maximum Gasteiger partial charge on any atom is 0.416 e. The van der Waals surface area contributed by atoms with Crippen molar-refractivity contribution in [2.24, 2.45) is 5.92 Å². The molecule has 3 heterocycles. The van der Waals surface area contributed by atoms with Gasteiger partial charge in [0.15, 0.2) is 0 Å². The number of halogens is 4. The van der Waals surface area contributed by atoms with E-state index in [-0.39, 0.29) is 40.5 Å². The van der Waals surface area contributed by atoms with Crippen LogP contribution in [0.3, 0.4) is 0 Å². The predicted molar refractivity (Wildman–Crippen MR) is 163 cm³/mol.